The first-order valence-electron chi connectivity index (χ1n) is 5.80. The lowest BCUT2D eigenvalue weighted by Crippen LogP contribution is -2.47. The molecule has 0 aromatic heterocycles. The number of hydrogen-bond donors (Lipinski definition) is 1. The van der Waals surface area contributed by atoms with Crippen molar-refractivity contribution in [3.05, 3.63) is 28.8 Å². The smallest absolute Gasteiger partial charge is 0.337 e. The van der Waals surface area contributed by atoms with Gasteiger partial charge in [0.05, 0.1) is 22.8 Å². The Labute approximate surface area is 116 Å². The number of anilines is 1. The minimum Gasteiger partial charge on any atom is -0.478 e. The van der Waals surface area contributed by atoms with Crippen LogP contribution >= 0.6 is 11.6 Å². The number of carbonyl (C=O) groups is 1. The van der Waals surface area contributed by atoms with Crippen molar-refractivity contribution in [1.29, 1.82) is 0 Å². The van der Waals surface area contributed by atoms with Crippen LogP contribution in [0.2, 0.25) is 5.02 Å². The first-order chi connectivity index (χ1) is 8.80. The minimum atomic E-state index is -3.04. The van der Waals surface area contributed by atoms with Gasteiger partial charge in [-0.2, -0.15) is 0 Å². The molecular formula is C12H14ClNO4S. The molecule has 0 spiro atoms. The third-order valence-corrected chi connectivity index (χ3v) is 5.20. The molecule has 1 aromatic rings. The van der Waals surface area contributed by atoms with Crippen LogP contribution in [0.4, 0.5) is 5.69 Å². The first kappa shape index (κ1) is 14.1. The molecule has 7 heteroatoms. The van der Waals surface area contributed by atoms with E-state index in [2.05, 4.69) is 0 Å². The van der Waals surface area contributed by atoms with Gasteiger partial charge in [-0.15, -0.1) is 0 Å². The Bertz CT molecular complexity index is 614. The second kappa shape index (κ2) is 5.02. The van der Waals surface area contributed by atoms with Gasteiger partial charge in [-0.25, -0.2) is 13.2 Å². The Hall–Kier alpha value is -1.27. The van der Waals surface area contributed by atoms with Crippen molar-refractivity contribution in [2.45, 2.75) is 13.0 Å². The largest absolute Gasteiger partial charge is 0.478 e. The molecule has 19 heavy (non-hydrogen) atoms. The summed E-state index contributed by atoms with van der Waals surface area (Å²) in [5, 5.41) is 9.62. The van der Waals surface area contributed by atoms with E-state index >= 15 is 0 Å². The van der Waals surface area contributed by atoms with E-state index in [1.54, 1.807) is 17.9 Å². The van der Waals surface area contributed by atoms with Crippen LogP contribution in [0.5, 0.6) is 0 Å². The highest BCUT2D eigenvalue weighted by Gasteiger charge is 2.30. The second-order valence-electron chi connectivity index (χ2n) is 4.62. The third kappa shape index (κ3) is 3.01. The molecule has 1 N–H and O–H groups in total. The number of benzene rings is 1. The van der Waals surface area contributed by atoms with E-state index in [-0.39, 0.29) is 29.7 Å². The monoisotopic (exact) mass is 303 g/mol. The predicted octanol–water partition coefficient (Wildman–Crippen LogP) is 1.66. The maximum Gasteiger partial charge on any atom is 0.337 e. The summed E-state index contributed by atoms with van der Waals surface area (Å²) in [6, 6.07) is 4.25. The van der Waals surface area contributed by atoms with Crippen molar-refractivity contribution in [1.82, 2.24) is 0 Å². The van der Waals surface area contributed by atoms with Gasteiger partial charge < -0.3 is 10.0 Å². The maximum atomic E-state index is 11.6. The van der Waals surface area contributed by atoms with Crippen molar-refractivity contribution in [2.24, 2.45) is 0 Å². The van der Waals surface area contributed by atoms with Gasteiger partial charge in [0.25, 0.3) is 0 Å². The van der Waals surface area contributed by atoms with Gasteiger partial charge in [0.2, 0.25) is 0 Å². The van der Waals surface area contributed by atoms with Crippen LogP contribution in [0.3, 0.4) is 0 Å². The summed E-state index contributed by atoms with van der Waals surface area (Å²) < 4.78 is 23.1. The number of carboxylic acid groups (broad SMARTS) is 1. The molecule has 1 unspecified atom stereocenters. The highest BCUT2D eigenvalue weighted by atomic mass is 35.5. The zero-order valence-electron chi connectivity index (χ0n) is 10.3. The lowest BCUT2D eigenvalue weighted by atomic mass is 10.1. The third-order valence-electron chi connectivity index (χ3n) is 3.17. The molecule has 1 saturated heterocycles. The van der Waals surface area contributed by atoms with Gasteiger partial charge in [0, 0.05) is 17.6 Å². The molecule has 1 aliphatic rings. The van der Waals surface area contributed by atoms with E-state index in [9.17, 15) is 18.3 Å². The second-order valence-corrected chi connectivity index (χ2v) is 7.29. The first-order valence-corrected chi connectivity index (χ1v) is 8.00. The summed E-state index contributed by atoms with van der Waals surface area (Å²) in [6.07, 6.45) is 0. The van der Waals surface area contributed by atoms with Crippen LogP contribution in [0.15, 0.2) is 18.2 Å². The number of hydrogen-bond acceptors (Lipinski definition) is 4. The summed E-state index contributed by atoms with van der Waals surface area (Å²) in [4.78, 5) is 13.0. The number of sulfone groups is 1. The quantitative estimate of drug-likeness (QED) is 0.899. The molecule has 0 amide bonds. The van der Waals surface area contributed by atoms with Crippen LogP contribution in [0, 0.1) is 0 Å². The van der Waals surface area contributed by atoms with Crippen molar-refractivity contribution in [3.63, 3.8) is 0 Å². The summed E-state index contributed by atoms with van der Waals surface area (Å²) in [5.41, 5.74) is 0.609. The maximum absolute atomic E-state index is 11.6. The topological polar surface area (TPSA) is 74.7 Å². The average Bonchev–Trinajstić information content (AvgIpc) is 2.27. The normalized spacial score (nSPS) is 22.2. The van der Waals surface area contributed by atoms with Crippen molar-refractivity contribution >= 4 is 33.1 Å². The molecule has 5 nitrogen and oxygen atoms in total. The van der Waals surface area contributed by atoms with Crippen molar-refractivity contribution < 1.29 is 18.3 Å². The van der Waals surface area contributed by atoms with Gasteiger partial charge in [0.15, 0.2) is 9.84 Å². The van der Waals surface area contributed by atoms with Gasteiger partial charge in [-0.05, 0) is 25.1 Å². The fraction of sp³-hybridized carbons (Fsp3) is 0.417. The zero-order valence-corrected chi connectivity index (χ0v) is 11.9. The van der Waals surface area contributed by atoms with Crippen LogP contribution in [0.1, 0.15) is 17.3 Å². The number of carboxylic acids is 1. The lowest BCUT2D eigenvalue weighted by molar-refractivity contribution is 0.0697. The SMILES string of the molecule is CC1CS(=O)(=O)CCN1c1cc(Cl)ccc1C(=O)O. The number of rotatable bonds is 2. The van der Waals surface area contributed by atoms with Gasteiger partial charge in [0.1, 0.15) is 0 Å². The molecule has 1 heterocycles. The van der Waals surface area contributed by atoms with E-state index in [0.717, 1.165) is 0 Å². The molecule has 1 fully saturated rings. The van der Waals surface area contributed by atoms with E-state index < -0.39 is 15.8 Å². The van der Waals surface area contributed by atoms with E-state index in [0.29, 0.717) is 10.7 Å². The van der Waals surface area contributed by atoms with Gasteiger partial charge in [-0.1, -0.05) is 11.6 Å². The summed E-state index contributed by atoms with van der Waals surface area (Å²) in [7, 11) is -3.04. The summed E-state index contributed by atoms with van der Waals surface area (Å²) in [6.45, 7) is 2.05. The average molecular weight is 304 g/mol. The Morgan fingerprint density at radius 1 is 1.47 bits per heavy atom. The minimum absolute atomic E-state index is 0.0264. The Kier molecular flexibility index (Phi) is 3.73. The number of aromatic carboxylic acids is 1. The molecule has 1 atom stereocenters. The molecule has 0 saturated carbocycles. The van der Waals surface area contributed by atoms with Crippen LogP contribution in [0.25, 0.3) is 0 Å². The zero-order chi connectivity index (χ0) is 14.2. The molecular weight excluding hydrogens is 290 g/mol. The highest BCUT2D eigenvalue weighted by molar-refractivity contribution is 7.91. The van der Waals surface area contributed by atoms with Crippen LogP contribution in [-0.4, -0.2) is 43.6 Å². The standard InChI is InChI=1S/C12H14ClNO4S/c1-8-7-19(17,18)5-4-14(8)11-6-9(13)2-3-10(11)12(15)16/h2-3,6,8H,4-5,7H2,1H3,(H,15,16). The molecule has 1 aromatic carbocycles. The number of halogens is 1. The van der Waals surface area contributed by atoms with Crippen LogP contribution < -0.4 is 4.90 Å². The molecule has 0 radical (unpaired) electrons. The molecule has 0 bridgehead atoms. The lowest BCUT2D eigenvalue weighted by Gasteiger charge is -2.35. The Balaban J connectivity index is 2.42. The van der Waals surface area contributed by atoms with E-state index in [4.69, 9.17) is 11.6 Å². The number of nitrogens with zero attached hydrogens (tertiary/aromatic N) is 1. The molecule has 0 aliphatic carbocycles. The predicted molar refractivity (Wildman–Crippen MR) is 73.9 cm³/mol. The van der Waals surface area contributed by atoms with Gasteiger partial charge in [-0.3, -0.25) is 0 Å². The van der Waals surface area contributed by atoms with Crippen LogP contribution in [-0.2, 0) is 9.84 Å². The van der Waals surface area contributed by atoms with Crippen molar-refractivity contribution in [2.75, 3.05) is 23.0 Å². The molecule has 1 aliphatic heterocycles. The van der Waals surface area contributed by atoms with Crippen molar-refractivity contribution in [3.8, 4) is 0 Å². The van der Waals surface area contributed by atoms with E-state index in [1.807, 2.05) is 0 Å². The Morgan fingerprint density at radius 2 is 2.16 bits per heavy atom. The molecule has 104 valence electrons. The highest BCUT2D eigenvalue weighted by Crippen LogP contribution is 2.28. The van der Waals surface area contributed by atoms with Gasteiger partial charge >= 0.3 is 5.97 Å². The van der Waals surface area contributed by atoms with E-state index in [1.165, 1.54) is 12.1 Å². The summed E-state index contributed by atoms with van der Waals surface area (Å²) >= 11 is 5.91. The fourth-order valence-electron chi connectivity index (χ4n) is 2.28. The Morgan fingerprint density at radius 3 is 2.74 bits per heavy atom. The molecule has 2 rings (SSSR count). The summed E-state index contributed by atoms with van der Waals surface area (Å²) in [5.74, 6) is -0.992. The fourth-order valence-corrected chi connectivity index (χ4v) is 4.00.